The first kappa shape index (κ1) is 14.0. The number of carbonyl (C=O) groups excluding carboxylic acids is 1. The van der Waals surface area contributed by atoms with Gasteiger partial charge >= 0.3 is 5.97 Å². The van der Waals surface area contributed by atoms with Crippen molar-refractivity contribution in [1.82, 2.24) is 4.40 Å². The minimum Gasteiger partial charge on any atom is -0.457 e. The van der Waals surface area contributed by atoms with E-state index in [0.29, 0.717) is 10.4 Å². The monoisotopic (exact) mass is 322 g/mol. The fourth-order valence-electron chi connectivity index (χ4n) is 3.06. The predicted molar refractivity (Wildman–Crippen MR) is 87.6 cm³/mol. The van der Waals surface area contributed by atoms with Gasteiger partial charge in [-0.3, -0.25) is 0 Å². The van der Waals surface area contributed by atoms with E-state index in [4.69, 9.17) is 4.74 Å². The molecule has 0 spiro atoms. The van der Waals surface area contributed by atoms with E-state index < -0.39 is 0 Å². The first-order chi connectivity index (χ1) is 11.3. The molecule has 0 saturated heterocycles. The lowest BCUT2D eigenvalue weighted by molar-refractivity contribution is 0.0478. The Labute approximate surface area is 137 Å². The molecule has 1 aliphatic rings. The molecule has 114 valence electrons. The van der Waals surface area contributed by atoms with Crippen molar-refractivity contribution in [2.75, 3.05) is 0 Å². The highest BCUT2D eigenvalue weighted by Gasteiger charge is 2.20. The number of pyridine rings is 1. The molecule has 23 heavy (non-hydrogen) atoms. The molecule has 3 aromatic heterocycles. The van der Waals surface area contributed by atoms with Crippen LogP contribution in [0.25, 0.3) is 5.52 Å². The molecule has 3 heterocycles. The third-order valence-electron chi connectivity index (χ3n) is 4.18. The van der Waals surface area contributed by atoms with Gasteiger partial charge in [0.2, 0.25) is 0 Å². The molecule has 0 atom stereocenters. The van der Waals surface area contributed by atoms with E-state index in [9.17, 15) is 10.1 Å². The van der Waals surface area contributed by atoms with Crippen LogP contribution in [0.3, 0.4) is 0 Å². The second kappa shape index (κ2) is 5.56. The third kappa shape index (κ3) is 2.41. The van der Waals surface area contributed by atoms with Gasteiger partial charge in [0, 0.05) is 22.8 Å². The summed E-state index contributed by atoms with van der Waals surface area (Å²) >= 11 is 1.54. The van der Waals surface area contributed by atoms with E-state index in [2.05, 4.69) is 6.07 Å². The van der Waals surface area contributed by atoms with Crippen LogP contribution in [0.4, 0.5) is 0 Å². The molecular weight excluding hydrogens is 308 g/mol. The fourth-order valence-corrected chi connectivity index (χ4v) is 4.21. The second-order valence-corrected chi connectivity index (χ2v) is 6.76. The lowest BCUT2D eigenvalue weighted by Gasteiger charge is -2.02. The quantitative estimate of drug-likeness (QED) is 0.691. The van der Waals surface area contributed by atoms with E-state index in [1.165, 1.54) is 28.2 Å². The number of nitrogens with zero attached hydrogens (tertiary/aromatic N) is 2. The number of nitriles is 1. The first-order valence-electron chi connectivity index (χ1n) is 7.53. The number of hydrogen-bond donors (Lipinski definition) is 0. The van der Waals surface area contributed by atoms with Crippen molar-refractivity contribution in [3.05, 3.63) is 63.1 Å². The molecule has 4 rings (SSSR count). The average molecular weight is 322 g/mol. The Balaban J connectivity index is 1.54. The van der Waals surface area contributed by atoms with Gasteiger partial charge in [-0.05, 0) is 43.0 Å². The number of rotatable bonds is 3. The molecule has 0 bridgehead atoms. The fraction of sp³-hybridized carbons (Fsp3) is 0.222. The number of hydrogen-bond acceptors (Lipinski definition) is 4. The summed E-state index contributed by atoms with van der Waals surface area (Å²) in [5, 5.41) is 9.37. The summed E-state index contributed by atoms with van der Waals surface area (Å²) in [5.74, 6) is -0.302. The first-order valence-corrected chi connectivity index (χ1v) is 8.35. The number of aryl methyl sites for hydroxylation is 2. The molecule has 3 aromatic rings. The van der Waals surface area contributed by atoms with Crippen molar-refractivity contribution >= 4 is 22.8 Å². The summed E-state index contributed by atoms with van der Waals surface area (Å²) < 4.78 is 7.31. The predicted octanol–water partition coefficient (Wildman–Crippen LogP) is 3.72. The Morgan fingerprint density at radius 1 is 1.39 bits per heavy atom. The SMILES string of the molecule is N#Cc1c(COC(=O)c2cc3c(s2)CCC3)cn2ccccc12. The molecule has 0 N–H and O–H groups in total. The van der Waals surface area contributed by atoms with Crippen LogP contribution in [0.5, 0.6) is 0 Å². The van der Waals surface area contributed by atoms with Gasteiger partial charge in [-0.1, -0.05) is 6.07 Å². The molecule has 0 aliphatic heterocycles. The number of carbonyl (C=O) groups is 1. The number of esters is 1. The third-order valence-corrected chi connectivity index (χ3v) is 5.40. The van der Waals surface area contributed by atoms with Gasteiger partial charge in [0.25, 0.3) is 0 Å². The summed E-state index contributed by atoms with van der Waals surface area (Å²) in [6, 6.07) is 9.83. The van der Waals surface area contributed by atoms with Gasteiger partial charge < -0.3 is 9.14 Å². The zero-order valence-corrected chi connectivity index (χ0v) is 13.2. The zero-order valence-electron chi connectivity index (χ0n) is 12.4. The summed E-state index contributed by atoms with van der Waals surface area (Å²) in [7, 11) is 0. The summed E-state index contributed by atoms with van der Waals surface area (Å²) in [6.07, 6.45) is 7.03. The van der Waals surface area contributed by atoms with Gasteiger partial charge in [-0.15, -0.1) is 11.3 Å². The van der Waals surface area contributed by atoms with E-state index >= 15 is 0 Å². The zero-order chi connectivity index (χ0) is 15.8. The molecule has 0 aromatic carbocycles. The summed E-state index contributed by atoms with van der Waals surface area (Å²) in [5.41, 5.74) is 3.41. The topological polar surface area (TPSA) is 54.5 Å². The molecule has 0 fully saturated rings. The maximum atomic E-state index is 12.2. The Hall–Kier alpha value is -2.58. The molecule has 0 unspecified atom stereocenters. The van der Waals surface area contributed by atoms with Crippen molar-refractivity contribution in [2.45, 2.75) is 25.9 Å². The minimum absolute atomic E-state index is 0.117. The van der Waals surface area contributed by atoms with Crippen LogP contribution in [0.2, 0.25) is 0 Å². The van der Waals surface area contributed by atoms with Crippen molar-refractivity contribution in [3.63, 3.8) is 0 Å². The van der Waals surface area contributed by atoms with Gasteiger partial charge in [-0.2, -0.15) is 5.26 Å². The van der Waals surface area contributed by atoms with E-state index in [0.717, 1.165) is 23.9 Å². The molecule has 0 radical (unpaired) electrons. The van der Waals surface area contributed by atoms with Crippen molar-refractivity contribution in [2.24, 2.45) is 0 Å². The van der Waals surface area contributed by atoms with Crippen LogP contribution in [0, 0.1) is 11.3 Å². The number of aromatic nitrogens is 1. The second-order valence-electron chi connectivity index (χ2n) is 5.62. The van der Waals surface area contributed by atoms with E-state index in [1.807, 2.05) is 41.1 Å². The lowest BCUT2D eigenvalue weighted by atomic mass is 10.2. The largest absolute Gasteiger partial charge is 0.457 e. The summed E-state index contributed by atoms with van der Waals surface area (Å²) in [4.78, 5) is 14.2. The highest BCUT2D eigenvalue weighted by Crippen LogP contribution is 2.31. The van der Waals surface area contributed by atoms with Crippen LogP contribution < -0.4 is 0 Å². The Morgan fingerprint density at radius 3 is 3.13 bits per heavy atom. The van der Waals surface area contributed by atoms with Crippen LogP contribution in [0.15, 0.2) is 36.7 Å². The number of thiophene rings is 1. The molecule has 0 saturated carbocycles. The van der Waals surface area contributed by atoms with Gasteiger partial charge in [0.1, 0.15) is 17.6 Å². The molecule has 4 nitrogen and oxygen atoms in total. The van der Waals surface area contributed by atoms with Crippen molar-refractivity contribution < 1.29 is 9.53 Å². The van der Waals surface area contributed by atoms with Gasteiger partial charge in [0.05, 0.1) is 11.1 Å². The Morgan fingerprint density at radius 2 is 2.30 bits per heavy atom. The summed E-state index contributed by atoms with van der Waals surface area (Å²) in [6.45, 7) is 0.117. The van der Waals surface area contributed by atoms with E-state index in [-0.39, 0.29) is 12.6 Å². The molecule has 0 amide bonds. The highest BCUT2D eigenvalue weighted by atomic mass is 32.1. The number of ether oxygens (including phenoxy) is 1. The van der Waals surface area contributed by atoms with Crippen LogP contribution in [-0.2, 0) is 24.2 Å². The molecular formula is C18H14N2O2S. The van der Waals surface area contributed by atoms with Crippen molar-refractivity contribution in [3.8, 4) is 6.07 Å². The Kier molecular flexibility index (Phi) is 3.40. The normalized spacial score (nSPS) is 13.0. The average Bonchev–Trinajstić information content (AvgIpc) is 3.24. The molecule has 5 heteroatoms. The Bertz CT molecular complexity index is 924. The molecule has 1 aliphatic carbocycles. The van der Waals surface area contributed by atoms with Crippen LogP contribution in [-0.4, -0.2) is 10.4 Å². The van der Waals surface area contributed by atoms with Crippen molar-refractivity contribution in [1.29, 1.82) is 5.26 Å². The lowest BCUT2D eigenvalue weighted by Crippen LogP contribution is -2.03. The maximum absolute atomic E-state index is 12.2. The standard InChI is InChI=1S/C18H14N2O2S/c19-9-14-13(10-20-7-2-1-5-15(14)20)11-22-18(21)17-8-12-4-3-6-16(12)23-17/h1-2,5,7-8,10H,3-4,6,11H2. The van der Waals surface area contributed by atoms with Gasteiger partial charge in [0.15, 0.2) is 0 Å². The number of fused-ring (bicyclic) bond motifs is 2. The minimum atomic E-state index is -0.302. The highest BCUT2D eigenvalue weighted by molar-refractivity contribution is 7.14. The van der Waals surface area contributed by atoms with Gasteiger partial charge in [-0.25, -0.2) is 4.79 Å². The van der Waals surface area contributed by atoms with Crippen LogP contribution >= 0.6 is 11.3 Å². The van der Waals surface area contributed by atoms with E-state index in [1.54, 1.807) is 0 Å². The maximum Gasteiger partial charge on any atom is 0.348 e. The van der Waals surface area contributed by atoms with Crippen LogP contribution in [0.1, 0.15) is 37.7 Å². The smallest absolute Gasteiger partial charge is 0.348 e.